The third-order valence-electron chi connectivity index (χ3n) is 5.96. The van der Waals surface area contributed by atoms with Crippen molar-refractivity contribution in [2.45, 2.75) is 38.0 Å². The zero-order valence-electron chi connectivity index (χ0n) is 16.0. The molecule has 2 heterocycles. The van der Waals surface area contributed by atoms with Gasteiger partial charge in [0.05, 0.1) is 23.5 Å². The van der Waals surface area contributed by atoms with E-state index in [1.165, 1.54) is 35.9 Å². The van der Waals surface area contributed by atoms with Crippen LogP contribution in [-0.2, 0) is 4.79 Å². The summed E-state index contributed by atoms with van der Waals surface area (Å²) >= 11 is 6.30. The van der Waals surface area contributed by atoms with E-state index in [4.69, 9.17) is 11.6 Å². The van der Waals surface area contributed by atoms with Crippen LogP contribution in [0, 0.1) is 5.92 Å². The van der Waals surface area contributed by atoms with Gasteiger partial charge in [-0.25, -0.2) is 0 Å². The van der Waals surface area contributed by atoms with Gasteiger partial charge in [-0.15, -0.1) is 0 Å². The molecule has 1 amide bonds. The van der Waals surface area contributed by atoms with Crippen molar-refractivity contribution in [1.82, 2.24) is 14.7 Å². The molecule has 4 rings (SSSR count). The second-order valence-electron chi connectivity index (χ2n) is 7.79. The van der Waals surface area contributed by atoms with Crippen molar-refractivity contribution in [3.8, 4) is 5.69 Å². The Morgan fingerprint density at radius 2 is 1.86 bits per heavy atom. The number of amides is 1. The highest BCUT2D eigenvalue weighted by molar-refractivity contribution is 6.32. The molecule has 1 saturated carbocycles. The SMILES string of the molecule is CN1CCC(CNc2cnn(-c3ccc(C4CCCC4)cc3)c(=O)c2Cl)C1=O. The van der Waals surface area contributed by atoms with E-state index in [1.54, 1.807) is 18.1 Å². The summed E-state index contributed by atoms with van der Waals surface area (Å²) < 4.78 is 1.32. The van der Waals surface area contributed by atoms with Gasteiger partial charge in [-0.2, -0.15) is 9.78 Å². The molecular weight excluding hydrogens is 376 g/mol. The third kappa shape index (κ3) is 3.65. The molecule has 1 aromatic heterocycles. The molecule has 1 aromatic carbocycles. The lowest BCUT2D eigenvalue weighted by molar-refractivity contribution is -0.129. The van der Waals surface area contributed by atoms with E-state index in [0.717, 1.165) is 13.0 Å². The average Bonchev–Trinajstić information content (AvgIpc) is 3.35. The molecule has 1 unspecified atom stereocenters. The van der Waals surface area contributed by atoms with Gasteiger partial charge in [0.2, 0.25) is 5.91 Å². The lowest BCUT2D eigenvalue weighted by atomic mass is 9.98. The minimum absolute atomic E-state index is 0.0911. The van der Waals surface area contributed by atoms with Gasteiger partial charge in [0.15, 0.2) is 0 Å². The molecule has 148 valence electrons. The fraction of sp³-hybridized carbons (Fsp3) is 0.476. The minimum atomic E-state index is -0.366. The molecule has 28 heavy (non-hydrogen) atoms. The van der Waals surface area contributed by atoms with Crippen LogP contribution in [-0.4, -0.2) is 40.7 Å². The van der Waals surface area contributed by atoms with Gasteiger partial charge in [-0.05, 0) is 42.9 Å². The van der Waals surface area contributed by atoms with E-state index in [9.17, 15) is 9.59 Å². The molecule has 0 spiro atoms. The van der Waals surface area contributed by atoms with E-state index in [0.29, 0.717) is 23.8 Å². The van der Waals surface area contributed by atoms with Gasteiger partial charge in [-0.1, -0.05) is 36.6 Å². The predicted molar refractivity (Wildman–Crippen MR) is 110 cm³/mol. The summed E-state index contributed by atoms with van der Waals surface area (Å²) in [5, 5.41) is 7.49. The summed E-state index contributed by atoms with van der Waals surface area (Å²) in [7, 11) is 1.80. The quantitative estimate of drug-likeness (QED) is 0.834. The van der Waals surface area contributed by atoms with Crippen LogP contribution in [0.3, 0.4) is 0 Å². The number of nitrogens with one attached hydrogen (secondary N) is 1. The number of carbonyl (C=O) groups excluding carboxylic acids is 1. The van der Waals surface area contributed by atoms with Crippen molar-refractivity contribution < 1.29 is 4.79 Å². The highest BCUT2D eigenvalue weighted by atomic mass is 35.5. The second kappa shape index (κ2) is 7.95. The number of aromatic nitrogens is 2. The van der Waals surface area contributed by atoms with Crippen LogP contribution < -0.4 is 10.9 Å². The van der Waals surface area contributed by atoms with Crippen molar-refractivity contribution in [3.63, 3.8) is 0 Å². The first-order valence-electron chi connectivity index (χ1n) is 9.91. The van der Waals surface area contributed by atoms with Crippen LogP contribution in [0.4, 0.5) is 5.69 Å². The molecule has 0 bridgehead atoms. The summed E-state index contributed by atoms with van der Waals surface area (Å²) in [6.45, 7) is 1.21. The lowest BCUT2D eigenvalue weighted by Gasteiger charge is -2.14. The highest BCUT2D eigenvalue weighted by Crippen LogP contribution is 2.34. The third-order valence-corrected chi connectivity index (χ3v) is 6.33. The maximum Gasteiger partial charge on any atom is 0.292 e. The molecule has 1 aliphatic heterocycles. The Kier molecular flexibility index (Phi) is 5.40. The fourth-order valence-electron chi connectivity index (χ4n) is 4.20. The van der Waals surface area contributed by atoms with Gasteiger partial charge in [-0.3, -0.25) is 9.59 Å². The van der Waals surface area contributed by atoms with E-state index in [-0.39, 0.29) is 22.4 Å². The number of benzene rings is 1. The molecule has 1 N–H and O–H groups in total. The van der Waals surface area contributed by atoms with Crippen LogP contribution in [0.15, 0.2) is 35.3 Å². The fourth-order valence-corrected chi connectivity index (χ4v) is 4.40. The molecule has 0 radical (unpaired) electrons. The molecular formula is C21H25ClN4O2. The van der Waals surface area contributed by atoms with Gasteiger partial charge < -0.3 is 10.2 Å². The Balaban J connectivity index is 1.49. The first-order chi connectivity index (χ1) is 13.5. The standard InChI is InChI=1S/C21H25ClN4O2/c1-25-11-10-16(20(25)27)12-23-18-13-24-26(21(28)19(18)22)17-8-6-15(7-9-17)14-4-2-3-5-14/h6-9,13-14,16,23H,2-5,10-12H2,1H3. The molecule has 1 saturated heterocycles. The maximum atomic E-state index is 12.7. The Morgan fingerprint density at radius 1 is 1.14 bits per heavy atom. The molecule has 2 aromatic rings. The number of rotatable bonds is 5. The van der Waals surface area contributed by atoms with E-state index in [2.05, 4.69) is 22.5 Å². The number of likely N-dealkylation sites (tertiary alicyclic amines) is 1. The van der Waals surface area contributed by atoms with E-state index < -0.39 is 0 Å². The minimum Gasteiger partial charge on any atom is -0.382 e. The Hall–Kier alpha value is -2.34. The molecule has 1 aliphatic carbocycles. The topological polar surface area (TPSA) is 67.2 Å². The van der Waals surface area contributed by atoms with Crippen molar-refractivity contribution in [2.75, 3.05) is 25.5 Å². The lowest BCUT2D eigenvalue weighted by Crippen LogP contribution is -2.27. The Morgan fingerprint density at radius 3 is 2.50 bits per heavy atom. The monoisotopic (exact) mass is 400 g/mol. The summed E-state index contributed by atoms with van der Waals surface area (Å²) in [6.07, 6.45) is 7.42. The van der Waals surface area contributed by atoms with Crippen LogP contribution in [0.2, 0.25) is 5.02 Å². The van der Waals surface area contributed by atoms with Crippen LogP contribution in [0.5, 0.6) is 0 Å². The second-order valence-corrected chi connectivity index (χ2v) is 8.17. The maximum absolute atomic E-state index is 12.7. The van der Waals surface area contributed by atoms with Crippen molar-refractivity contribution >= 4 is 23.2 Å². The first-order valence-corrected chi connectivity index (χ1v) is 10.3. The van der Waals surface area contributed by atoms with Crippen LogP contribution in [0.1, 0.15) is 43.6 Å². The van der Waals surface area contributed by atoms with Crippen molar-refractivity contribution in [2.24, 2.45) is 5.92 Å². The molecule has 1 atom stereocenters. The summed E-state index contributed by atoms with van der Waals surface area (Å²) in [4.78, 5) is 26.4. The molecule has 7 heteroatoms. The highest BCUT2D eigenvalue weighted by Gasteiger charge is 2.28. The summed E-state index contributed by atoms with van der Waals surface area (Å²) in [5.74, 6) is 0.658. The normalized spacial score (nSPS) is 20.1. The zero-order valence-corrected chi connectivity index (χ0v) is 16.8. The Bertz CT molecular complexity index is 919. The Labute approximate surface area is 169 Å². The van der Waals surface area contributed by atoms with Gasteiger partial charge >= 0.3 is 0 Å². The zero-order chi connectivity index (χ0) is 19.7. The molecule has 6 nitrogen and oxygen atoms in total. The number of hydrogen-bond donors (Lipinski definition) is 1. The first kappa shape index (κ1) is 19.0. The number of nitrogens with zero attached hydrogens (tertiary/aromatic N) is 3. The average molecular weight is 401 g/mol. The van der Waals surface area contributed by atoms with Gasteiger partial charge in [0.25, 0.3) is 5.56 Å². The predicted octanol–water partition coefficient (Wildman–Crippen LogP) is 3.43. The number of hydrogen-bond acceptors (Lipinski definition) is 4. The summed E-state index contributed by atoms with van der Waals surface area (Å²) in [6, 6.07) is 8.03. The molecule has 2 fully saturated rings. The van der Waals surface area contributed by atoms with Crippen LogP contribution in [0.25, 0.3) is 5.69 Å². The summed E-state index contributed by atoms with van der Waals surface area (Å²) in [5.41, 5.74) is 2.13. The molecule has 2 aliphatic rings. The van der Waals surface area contributed by atoms with Gasteiger partial charge in [0, 0.05) is 20.1 Å². The van der Waals surface area contributed by atoms with Gasteiger partial charge in [0.1, 0.15) is 5.02 Å². The van der Waals surface area contributed by atoms with Crippen molar-refractivity contribution in [1.29, 1.82) is 0 Å². The number of anilines is 1. The van der Waals surface area contributed by atoms with Crippen LogP contribution >= 0.6 is 11.6 Å². The number of halogens is 1. The number of carbonyl (C=O) groups is 1. The van der Waals surface area contributed by atoms with E-state index >= 15 is 0 Å². The van der Waals surface area contributed by atoms with E-state index in [1.807, 2.05) is 12.1 Å². The van der Waals surface area contributed by atoms with Crippen molar-refractivity contribution in [3.05, 3.63) is 51.4 Å². The smallest absolute Gasteiger partial charge is 0.292 e. The largest absolute Gasteiger partial charge is 0.382 e.